The van der Waals surface area contributed by atoms with Gasteiger partial charge >= 0.3 is 0 Å². The molecule has 0 aliphatic heterocycles. The summed E-state index contributed by atoms with van der Waals surface area (Å²) in [5.41, 5.74) is 0. The van der Waals surface area contributed by atoms with E-state index in [1.165, 1.54) is 13.8 Å². The van der Waals surface area contributed by atoms with Crippen molar-refractivity contribution in [2.75, 3.05) is 0 Å². The Morgan fingerprint density at radius 1 is 0.833 bits per heavy atom. The first kappa shape index (κ1) is 9.43. The summed E-state index contributed by atoms with van der Waals surface area (Å²) < 4.78 is 25.4. The molecule has 0 heterocycles. The summed E-state index contributed by atoms with van der Waals surface area (Å²) in [6.45, 7) is 3.02. The molecule has 0 saturated heterocycles. The number of alkyl halides is 2. The highest BCUT2D eigenvalue weighted by molar-refractivity contribution is 5.15. The molecule has 2 heteroatoms. The van der Waals surface area contributed by atoms with Gasteiger partial charge in [-0.25, -0.2) is 8.78 Å². The van der Waals surface area contributed by atoms with Gasteiger partial charge in [-0.15, -0.1) is 0 Å². The van der Waals surface area contributed by atoms with Gasteiger partial charge in [0.25, 0.3) is 0 Å². The fraction of sp³-hybridized carbons (Fsp3) is 0.600. The van der Waals surface area contributed by atoms with Crippen molar-refractivity contribution in [3.63, 3.8) is 0 Å². The molecule has 0 bridgehead atoms. The molecule has 1 aliphatic carbocycles. The fourth-order valence-electron chi connectivity index (χ4n) is 1.25. The molecule has 0 aromatic rings. The summed E-state index contributed by atoms with van der Waals surface area (Å²) in [5, 5.41) is 0. The number of allylic oxidation sites excluding steroid dienone is 4. The smallest absolute Gasteiger partial charge is 0.107 e. The van der Waals surface area contributed by atoms with E-state index in [2.05, 4.69) is 0 Å². The Kier molecular flexibility index (Phi) is 3.01. The third-order valence-electron chi connectivity index (χ3n) is 2.17. The predicted octanol–water partition coefficient (Wildman–Crippen LogP) is 3.06. The van der Waals surface area contributed by atoms with E-state index in [4.69, 9.17) is 0 Å². The van der Waals surface area contributed by atoms with E-state index in [-0.39, 0.29) is 11.8 Å². The van der Waals surface area contributed by atoms with Crippen molar-refractivity contribution in [1.82, 2.24) is 0 Å². The van der Waals surface area contributed by atoms with Gasteiger partial charge in [-0.2, -0.15) is 0 Å². The SMILES string of the molecule is CC(F)C1C=CC(C(C)F)C=C1. The van der Waals surface area contributed by atoms with Gasteiger partial charge in [0.15, 0.2) is 0 Å². The minimum absolute atomic E-state index is 0.167. The lowest BCUT2D eigenvalue weighted by Crippen LogP contribution is -2.15. The number of hydrogen-bond acceptors (Lipinski definition) is 0. The van der Waals surface area contributed by atoms with Crippen LogP contribution < -0.4 is 0 Å². The highest BCUT2D eigenvalue weighted by Gasteiger charge is 2.17. The molecule has 0 amide bonds. The van der Waals surface area contributed by atoms with Gasteiger partial charge in [0.2, 0.25) is 0 Å². The molecule has 0 fully saturated rings. The maximum Gasteiger partial charge on any atom is 0.107 e. The lowest BCUT2D eigenvalue weighted by molar-refractivity contribution is 0.298. The van der Waals surface area contributed by atoms with Gasteiger partial charge in [-0.1, -0.05) is 24.3 Å². The lowest BCUT2D eigenvalue weighted by atomic mass is 9.91. The monoisotopic (exact) mass is 172 g/mol. The van der Waals surface area contributed by atoms with E-state index in [1.807, 2.05) is 0 Å². The van der Waals surface area contributed by atoms with Crippen LogP contribution in [-0.2, 0) is 0 Å². The quantitative estimate of drug-likeness (QED) is 0.561. The molecule has 12 heavy (non-hydrogen) atoms. The largest absolute Gasteiger partial charge is 0.247 e. The van der Waals surface area contributed by atoms with Crippen LogP contribution in [0.1, 0.15) is 13.8 Å². The molecule has 0 saturated carbocycles. The van der Waals surface area contributed by atoms with Crippen LogP contribution in [0.4, 0.5) is 8.78 Å². The zero-order chi connectivity index (χ0) is 9.14. The summed E-state index contributed by atoms with van der Waals surface area (Å²) in [6.07, 6.45) is 5.20. The van der Waals surface area contributed by atoms with Crippen molar-refractivity contribution in [2.24, 2.45) is 11.8 Å². The van der Waals surface area contributed by atoms with Crippen LogP contribution in [-0.4, -0.2) is 12.3 Å². The Hall–Kier alpha value is -0.660. The second-order valence-corrected chi connectivity index (χ2v) is 3.28. The Labute approximate surface area is 72.0 Å². The molecule has 2 atom stereocenters. The van der Waals surface area contributed by atoms with Crippen LogP contribution in [0, 0.1) is 11.8 Å². The maximum atomic E-state index is 12.7. The van der Waals surface area contributed by atoms with Crippen molar-refractivity contribution in [3.8, 4) is 0 Å². The predicted molar refractivity (Wildman–Crippen MR) is 46.4 cm³/mol. The van der Waals surface area contributed by atoms with Gasteiger partial charge < -0.3 is 0 Å². The zero-order valence-corrected chi connectivity index (χ0v) is 7.37. The first-order valence-electron chi connectivity index (χ1n) is 4.26. The number of rotatable bonds is 2. The third kappa shape index (κ3) is 2.16. The molecule has 1 rings (SSSR count). The number of hydrogen-bond donors (Lipinski definition) is 0. The van der Waals surface area contributed by atoms with Gasteiger partial charge in [-0.05, 0) is 13.8 Å². The average Bonchev–Trinajstić information content (AvgIpc) is 2.04. The van der Waals surface area contributed by atoms with Crippen molar-refractivity contribution < 1.29 is 8.78 Å². The first-order chi connectivity index (χ1) is 5.61. The molecule has 1 aliphatic rings. The maximum absolute atomic E-state index is 12.7. The standard InChI is InChI=1S/C10H14F2/c1-7(11)9-3-5-10(6-4-9)8(2)12/h3-10H,1-2H3. The zero-order valence-electron chi connectivity index (χ0n) is 7.37. The van der Waals surface area contributed by atoms with Crippen LogP contribution in [0.25, 0.3) is 0 Å². The summed E-state index contributed by atoms with van der Waals surface area (Å²) in [4.78, 5) is 0. The van der Waals surface area contributed by atoms with E-state index >= 15 is 0 Å². The first-order valence-corrected chi connectivity index (χ1v) is 4.26. The third-order valence-corrected chi connectivity index (χ3v) is 2.17. The fourth-order valence-corrected chi connectivity index (χ4v) is 1.25. The van der Waals surface area contributed by atoms with Crippen LogP contribution in [0.5, 0.6) is 0 Å². The molecule has 0 spiro atoms. The Bertz CT molecular complexity index is 158. The molecule has 68 valence electrons. The van der Waals surface area contributed by atoms with Gasteiger partial charge in [0.05, 0.1) is 0 Å². The van der Waals surface area contributed by atoms with Gasteiger partial charge in [0, 0.05) is 11.8 Å². The van der Waals surface area contributed by atoms with E-state index < -0.39 is 12.3 Å². The van der Waals surface area contributed by atoms with E-state index in [9.17, 15) is 8.78 Å². The minimum atomic E-state index is -0.881. The Morgan fingerprint density at radius 3 is 1.25 bits per heavy atom. The van der Waals surface area contributed by atoms with Crippen LogP contribution >= 0.6 is 0 Å². The van der Waals surface area contributed by atoms with Gasteiger partial charge in [0.1, 0.15) is 12.3 Å². The van der Waals surface area contributed by atoms with Gasteiger partial charge in [-0.3, -0.25) is 0 Å². The van der Waals surface area contributed by atoms with Crippen molar-refractivity contribution in [1.29, 1.82) is 0 Å². The Balaban J connectivity index is 2.54. The molecular formula is C10H14F2. The Morgan fingerprint density at radius 2 is 1.08 bits per heavy atom. The van der Waals surface area contributed by atoms with E-state index in [0.29, 0.717) is 0 Å². The second-order valence-electron chi connectivity index (χ2n) is 3.28. The summed E-state index contributed by atoms with van der Waals surface area (Å²) in [5.74, 6) is -0.333. The van der Waals surface area contributed by atoms with Crippen molar-refractivity contribution >= 4 is 0 Å². The molecule has 0 aromatic heterocycles. The second kappa shape index (κ2) is 3.83. The van der Waals surface area contributed by atoms with E-state index in [1.54, 1.807) is 24.3 Å². The molecule has 0 aromatic carbocycles. The lowest BCUT2D eigenvalue weighted by Gasteiger charge is -2.18. The van der Waals surface area contributed by atoms with Crippen molar-refractivity contribution in [3.05, 3.63) is 24.3 Å². The average molecular weight is 172 g/mol. The highest BCUT2D eigenvalue weighted by atomic mass is 19.1. The van der Waals surface area contributed by atoms with Crippen LogP contribution in [0.2, 0.25) is 0 Å². The van der Waals surface area contributed by atoms with E-state index in [0.717, 1.165) is 0 Å². The highest BCUT2D eigenvalue weighted by Crippen LogP contribution is 2.22. The summed E-state index contributed by atoms with van der Waals surface area (Å²) in [7, 11) is 0. The molecule has 2 unspecified atom stereocenters. The molecular weight excluding hydrogens is 158 g/mol. The topological polar surface area (TPSA) is 0 Å². The molecule has 0 nitrogen and oxygen atoms in total. The summed E-state index contributed by atoms with van der Waals surface area (Å²) >= 11 is 0. The van der Waals surface area contributed by atoms with Crippen LogP contribution in [0.3, 0.4) is 0 Å². The van der Waals surface area contributed by atoms with Crippen LogP contribution in [0.15, 0.2) is 24.3 Å². The molecule has 0 radical (unpaired) electrons. The normalized spacial score (nSPS) is 33.3. The number of halogens is 2. The van der Waals surface area contributed by atoms with Crippen molar-refractivity contribution in [2.45, 2.75) is 26.2 Å². The molecule has 0 N–H and O–H groups in total. The summed E-state index contributed by atoms with van der Waals surface area (Å²) in [6, 6.07) is 0. The minimum Gasteiger partial charge on any atom is -0.247 e.